The summed E-state index contributed by atoms with van der Waals surface area (Å²) in [5.41, 5.74) is 0. The second kappa shape index (κ2) is 19.4. The van der Waals surface area contributed by atoms with Crippen LogP contribution >= 0.6 is 7.26 Å². The van der Waals surface area contributed by atoms with E-state index >= 15 is 0 Å². The molecule has 0 atom stereocenters. The molecule has 0 aromatic carbocycles. The van der Waals surface area contributed by atoms with Gasteiger partial charge in [0.2, 0.25) is 6.08 Å². The fraction of sp³-hybridized carbons (Fsp3) is 0.909. The lowest BCUT2D eigenvalue weighted by Crippen LogP contribution is -2.27. The van der Waals surface area contributed by atoms with Crippen LogP contribution < -0.4 is 5.32 Å². The third-order valence-corrected chi connectivity index (χ3v) is 10.2. The molecule has 0 aromatic heterocycles. The molecular weight excluding hydrogens is 371 g/mol. The minimum atomic E-state index is -0.993. The van der Waals surface area contributed by atoms with Crippen LogP contribution in [0, 0.1) is 0 Å². The van der Waals surface area contributed by atoms with E-state index in [1.165, 1.54) is 57.0 Å². The van der Waals surface area contributed by atoms with E-state index in [9.17, 15) is 9.59 Å². The van der Waals surface area contributed by atoms with E-state index in [0.29, 0.717) is 19.7 Å². The Hall–Kier alpha value is -0.920. The molecule has 0 spiro atoms. The van der Waals surface area contributed by atoms with Gasteiger partial charge in [-0.2, -0.15) is 0 Å². The molecule has 0 bridgehead atoms. The first-order chi connectivity index (χ1) is 13.6. The summed E-state index contributed by atoms with van der Waals surface area (Å²) in [5.74, 6) is 0. The molecule has 0 aliphatic heterocycles. The highest BCUT2D eigenvalue weighted by atomic mass is 31.2. The van der Waals surface area contributed by atoms with E-state index in [0.717, 1.165) is 31.8 Å². The van der Waals surface area contributed by atoms with Crippen molar-refractivity contribution < 1.29 is 14.3 Å². The van der Waals surface area contributed by atoms with Crippen molar-refractivity contribution in [2.45, 2.75) is 85.0 Å². The molecule has 0 rings (SSSR count). The Kier molecular flexibility index (Phi) is 18.8. The Morgan fingerprint density at radius 3 is 1.96 bits per heavy atom. The molecule has 164 valence electrons. The number of ether oxygens (including phenoxy) is 1. The van der Waals surface area contributed by atoms with Gasteiger partial charge in [0.15, 0.2) is 0 Å². The maximum Gasteiger partial charge on any atom is 0.407 e. The summed E-state index contributed by atoms with van der Waals surface area (Å²) in [7, 11) is -0.993. The number of hydrogen-bond donors (Lipinski definition) is 1. The average molecular weight is 416 g/mol. The van der Waals surface area contributed by atoms with Gasteiger partial charge >= 0.3 is 6.09 Å². The molecule has 1 amide bonds. The lowest BCUT2D eigenvalue weighted by Gasteiger charge is -2.27. The number of aliphatic imine (C=N–C) groups is 1. The summed E-state index contributed by atoms with van der Waals surface area (Å²) in [6.45, 7) is 8.59. The van der Waals surface area contributed by atoms with Crippen molar-refractivity contribution in [3.05, 3.63) is 0 Å². The van der Waals surface area contributed by atoms with E-state index in [4.69, 9.17) is 4.74 Å². The SMILES string of the molecule is CCCC[P+](CCCC)(CCCC)CCOC(=O)NCCCCCCN=C=O. The Balaban J connectivity index is 4.16. The fourth-order valence-electron chi connectivity index (χ4n) is 3.44. The lowest BCUT2D eigenvalue weighted by atomic mass is 10.2. The van der Waals surface area contributed by atoms with Crippen molar-refractivity contribution >= 4 is 19.4 Å². The minimum absolute atomic E-state index is 0.273. The molecule has 0 fully saturated rings. The van der Waals surface area contributed by atoms with Crippen molar-refractivity contribution in [1.29, 1.82) is 0 Å². The number of alkyl carbamates (subject to hydrolysis) is 1. The van der Waals surface area contributed by atoms with E-state index in [1.807, 2.05) is 0 Å². The molecule has 0 aromatic rings. The summed E-state index contributed by atoms with van der Waals surface area (Å²) in [5, 5.41) is 2.87. The van der Waals surface area contributed by atoms with Gasteiger partial charge in [0.25, 0.3) is 0 Å². The second-order valence-corrected chi connectivity index (χ2v) is 12.2. The minimum Gasteiger partial charge on any atom is -0.446 e. The number of carbonyl (C=O) groups is 1. The smallest absolute Gasteiger partial charge is 0.407 e. The highest BCUT2D eigenvalue weighted by molar-refractivity contribution is 7.75. The summed E-state index contributed by atoms with van der Waals surface area (Å²) in [6.07, 6.45) is 18.0. The van der Waals surface area contributed by atoms with Gasteiger partial charge in [0.05, 0.1) is 31.2 Å². The first kappa shape index (κ1) is 27.1. The van der Waals surface area contributed by atoms with E-state index < -0.39 is 7.26 Å². The van der Waals surface area contributed by atoms with Gasteiger partial charge in [0.1, 0.15) is 6.61 Å². The zero-order valence-electron chi connectivity index (χ0n) is 18.6. The molecule has 28 heavy (non-hydrogen) atoms. The molecule has 0 aliphatic rings. The summed E-state index contributed by atoms with van der Waals surface area (Å²) >= 11 is 0. The van der Waals surface area contributed by atoms with Gasteiger partial charge in [-0.1, -0.05) is 52.9 Å². The van der Waals surface area contributed by atoms with Crippen LogP contribution in [0.3, 0.4) is 0 Å². The van der Waals surface area contributed by atoms with Gasteiger partial charge in [-0.05, 0) is 32.1 Å². The van der Waals surface area contributed by atoms with Crippen molar-refractivity contribution in [2.75, 3.05) is 44.3 Å². The number of nitrogens with one attached hydrogen (secondary N) is 1. The van der Waals surface area contributed by atoms with Crippen LogP contribution in [0.4, 0.5) is 4.79 Å². The van der Waals surface area contributed by atoms with Crippen molar-refractivity contribution in [2.24, 2.45) is 4.99 Å². The quantitative estimate of drug-likeness (QED) is 0.121. The molecule has 6 heteroatoms. The van der Waals surface area contributed by atoms with E-state index in [2.05, 4.69) is 31.1 Å². The number of amides is 1. The molecule has 5 nitrogen and oxygen atoms in total. The molecule has 0 heterocycles. The predicted octanol–water partition coefficient (Wildman–Crippen LogP) is 6.03. The molecule has 0 aliphatic carbocycles. The summed E-state index contributed by atoms with van der Waals surface area (Å²) < 4.78 is 5.52. The summed E-state index contributed by atoms with van der Waals surface area (Å²) in [4.78, 5) is 25.5. The number of nitrogens with zero attached hydrogens (tertiary/aromatic N) is 1. The maximum atomic E-state index is 12.0. The van der Waals surface area contributed by atoms with Crippen LogP contribution in [-0.2, 0) is 9.53 Å². The zero-order valence-corrected chi connectivity index (χ0v) is 19.5. The highest BCUT2D eigenvalue weighted by Crippen LogP contribution is 2.60. The number of rotatable bonds is 19. The number of unbranched alkanes of at least 4 members (excludes halogenated alkanes) is 6. The van der Waals surface area contributed by atoms with Crippen molar-refractivity contribution in [3.63, 3.8) is 0 Å². The van der Waals surface area contributed by atoms with Gasteiger partial charge in [-0.3, -0.25) is 0 Å². The molecule has 0 unspecified atom stereocenters. The molecular formula is C22H44N2O3P+. The largest absolute Gasteiger partial charge is 0.446 e. The number of hydrogen-bond acceptors (Lipinski definition) is 4. The molecule has 0 saturated carbocycles. The first-order valence-electron chi connectivity index (χ1n) is 11.4. The average Bonchev–Trinajstić information content (AvgIpc) is 2.70. The summed E-state index contributed by atoms with van der Waals surface area (Å²) in [6, 6.07) is 0. The van der Waals surface area contributed by atoms with Crippen LogP contribution in [-0.4, -0.2) is 56.5 Å². The Morgan fingerprint density at radius 1 is 0.857 bits per heavy atom. The van der Waals surface area contributed by atoms with Gasteiger partial charge in [0, 0.05) is 13.8 Å². The fourth-order valence-corrected chi connectivity index (χ4v) is 8.22. The van der Waals surface area contributed by atoms with Crippen LogP contribution in [0.15, 0.2) is 4.99 Å². The van der Waals surface area contributed by atoms with Crippen LogP contribution in [0.5, 0.6) is 0 Å². The first-order valence-corrected chi connectivity index (χ1v) is 14.0. The van der Waals surface area contributed by atoms with Crippen molar-refractivity contribution in [3.8, 4) is 0 Å². The van der Waals surface area contributed by atoms with Gasteiger partial charge in [-0.15, -0.1) is 0 Å². The predicted molar refractivity (Wildman–Crippen MR) is 122 cm³/mol. The standard InChI is InChI=1S/C22H43N2O3P/c1-4-7-17-28(18-8-5-2,19-9-6-3)20-16-27-22(26)24-15-13-11-10-12-14-23-21-25/h4-20H2,1-3H3/p+1. The van der Waals surface area contributed by atoms with Gasteiger partial charge < -0.3 is 10.1 Å². The zero-order chi connectivity index (χ0) is 20.9. The number of isocyanates is 1. The normalized spacial score (nSPS) is 11.1. The Labute approximate surface area is 173 Å². The van der Waals surface area contributed by atoms with Crippen LogP contribution in [0.25, 0.3) is 0 Å². The molecule has 1 N–H and O–H groups in total. The van der Waals surface area contributed by atoms with Crippen LogP contribution in [0.2, 0.25) is 0 Å². The molecule has 0 radical (unpaired) electrons. The Morgan fingerprint density at radius 2 is 1.43 bits per heavy atom. The van der Waals surface area contributed by atoms with E-state index in [1.54, 1.807) is 6.08 Å². The monoisotopic (exact) mass is 415 g/mol. The lowest BCUT2D eigenvalue weighted by molar-refractivity contribution is 0.152. The van der Waals surface area contributed by atoms with Crippen LogP contribution in [0.1, 0.15) is 85.0 Å². The maximum absolute atomic E-state index is 12.0. The number of carbonyl (C=O) groups excluding carboxylic acids is 2. The second-order valence-electron chi connectivity index (χ2n) is 7.75. The van der Waals surface area contributed by atoms with Gasteiger partial charge in [-0.25, -0.2) is 14.6 Å². The van der Waals surface area contributed by atoms with E-state index in [-0.39, 0.29) is 6.09 Å². The topological polar surface area (TPSA) is 67.8 Å². The molecule has 0 saturated heterocycles. The third-order valence-electron chi connectivity index (χ3n) is 5.29. The van der Waals surface area contributed by atoms with Crippen molar-refractivity contribution in [1.82, 2.24) is 5.32 Å². The Bertz CT molecular complexity index is 404. The third kappa shape index (κ3) is 15.1. The highest BCUT2D eigenvalue weighted by Gasteiger charge is 2.35.